The van der Waals surface area contributed by atoms with Crippen molar-refractivity contribution >= 4 is 23.1 Å². The molecular formula is C8H9NO3S. The predicted octanol–water partition coefficient (Wildman–Crippen LogP) is 0.517. The molecule has 0 aliphatic rings. The predicted molar refractivity (Wildman–Crippen MR) is 49.0 cm³/mol. The first-order chi connectivity index (χ1) is 6.13. The molecule has 1 rings (SSSR count). The minimum absolute atomic E-state index is 0.0347. The van der Waals surface area contributed by atoms with E-state index >= 15 is 0 Å². The van der Waals surface area contributed by atoms with Crippen LogP contribution in [0.1, 0.15) is 14.5 Å². The van der Waals surface area contributed by atoms with Gasteiger partial charge in [0.05, 0.1) is 17.8 Å². The maximum atomic E-state index is 11.1. The van der Waals surface area contributed by atoms with Gasteiger partial charge in [-0.1, -0.05) is 0 Å². The highest BCUT2D eigenvalue weighted by molar-refractivity contribution is 7.14. The molecule has 1 aromatic heterocycles. The van der Waals surface area contributed by atoms with Crippen molar-refractivity contribution < 1.29 is 14.7 Å². The summed E-state index contributed by atoms with van der Waals surface area (Å²) >= 11 is 1.18. The molecule has 0 radical (unpaired) electrons. The summed E-state index contributed by atoms with van der Waals surface area (Å²) in [5.74, 6) is -1.05. The summed E-state index contributed by atoms with van der Waals surface area (Å²) in [5, 5.41) is 8.47. The molecule has 0 saturated heterocycles. The Morgan fingerprint density at radius 3 is 2.69 bits per heavy atom. The van der Waals surface area contributed by atoms with E-state index in [4.69, 9.17) is 10.8 Å². The fourth-order valence-corrected chi connectivity index (χ4v) is 1.82. The average Bonchev–Trinajstić information content (AvgIpc) is 2.50. The standard InChI is InChI=1S/C8H9NO3S/c9-4-6(10)7-2-1-5(13-7)3-8(11)12/h1-2H,3-4,9H2,(H,11,12). The van der Waals surface area contributed by atoms with Crippen molar-refractivity contribution in [3.8, 4) is 0 Å². The first-order valence-corrected chi connectivity index (χ1v) is 4.49. The van der Waals surface area contributed by atoms with Crippen LogP contribution in [0.25, 0.3) is 0 Å². The SMILES string of the molecule is NCC(=O)c1ccc(CC(=O)O)s1. The van der Waals surface area contributed by atoms with Crippen LogP contribution in [0.5, 0.6) is 0 Å². The lowest BCUT2D eigenvalue weighted by Gasteiger charge is -1.90. The van der Waals surface area contributed by atoms with E-state index in [1.165, 1.54) is 11.3 Å². The van der Waals surface area contributed by atoms with Gasteiger partial charge in [0.1, 0.15) is 0 Å². The molecule has 1 heterocycles. The van der Waals surface area contributed by atoms with Crippen LogP contribution in [0.3, 0.4) is 0 Å². The molecule has 0 unspecified atom stereocenters. The van der Waals surface area contributed by atoms with Crippen molar-refractivity contribution in [1.82, 2.24) is 0 Å². The van der Waals surface area contributed by atoms with E-state index in [9.17, 15) is 9.59 Å². The number of thiophene rings is 1. The zero-order valence-electron chi connectivity index (χ0n) is 6.82. The van der Waals surface area contributed by atoms with Crippen molar-refractivity contribution in [2.24, 2.45) is 5.73 Å². The third kappa shape index (κ3) is 2.64. The second-order valence-corrected chi connectivity index (χ2v) is 3.63. The highest BCUT2D eigenvalue weighted by Crippen LogP contribution is 2.17. The van der Waals surface area contributed by atoms with Gasteiger partial charge in [-0.05, 0) is 12.1 Å². The number of carboxylic acid groups (broad SMARTS) is 1. The molecule has 0 bridgehead atoms. The number of Topliss-reactive ketones (excluding diaryl/α,β-unsaturated/α-hetero) is 1. The molecule has 0 aliphatic carbocycles. The van der Waals surface area contributed by atoms with Crippen molar-refractivity contribution in [3.63, 3.8) is 0 Å². The molecule has 0 aliphatic heterocycles. The van der Waals surface area contributed by atoms with Gasteiger partial charge in [-0.3, -0.25) is 9.59 Å². The van der Waals surface area contributed by atoms with Crippen molar-refractivity contribution in [3.05, 3.63) is 21.9 Å². The van der Waals surface area contributed by atoms with E-state index in [2.05, 4.69) is 0 Å². The van der Waals surface area contributed by atoms with E-state index in [1.807, 2.05) is 0 Å². The zero-order chi connectivity index (χ0) is 9.84. The van der Waals surface area contributed by atoms with E-state index < -0.39 is 5.97 Å². The first-order valence-electron chi connectivity index (χ1n) is 3.67. The lowest BCUT2D eigenvalue weighted by molar-refractivity contribution is -0.136. The number of carbonyl (C=O) groups is 2. The molecule has 13 heavy (non-hydrogen) atoms. The number of carboxylic acids is 1. The highest BCUT2D eigenvalue weighted by Gasteiger charge is 2.08. The van der Waals surface area contributed by atoms with Crippen molar-refractivity contribution in [2.45, 2.75) is 6.42 Å². The molecule has 0 fully saturated rings. The quantitative estimate of drug-likeness (QED) is 0.692. The first kappa shape index (κ1) is 9.88. The largest absolute Gasteiger partial charge is 0.481 e. The molecule has 70 valence electrons. The summed E-state index contributed by atoms with van der Waals surface area (Å²) in [5.41, 5.74) is 5.16. The van der Waals surface area contributed by atoms with Gasteiger partial charge in [0.15, 0.2) is 5.78 Å². The highest BCUT2D eigenvalue weighted by atomic mass is 32.1. The Hall–Kier alpha value is -1.20. The van der Waals surface area contributed by atoms with Crippen LogP contribution in [-0.4, -0.2) is 23.4 Å². The molecule has 5 heteroatoms. The van der Waals surface area contributed by atoms with Crippen LogP contribution in [0.2, 0.25) is 0 Å². The molecule has 0 spiro atoms. The van der Waals surface area contributed by atoms with Gasteiger partial charge in [-0.15, -0.1) is 11.3 Å². The molecule has 0 saturated carbocycles. The summed E-state index contributed by atoms with van der Waals surface area (Å²) in [4.78, 5) is 22.6. The van der Waals surface area contributed by atoms with Crippen molar-refractivity contribution in [2.75, 3.05) is 6.54 Å². The third-order valence-electron chi connectivity index (χ3n) is 1.45. The monoisotopic (exact) mass is 199 g/mol. The van der Waals surface area contributed by atoms with Crippen LogP contribution in [0, 0.1) is 0 Å². The van der Waals surface area contributed by atoms with Crippen LogP contribution in [0.4, 0.5) is 0 Å². The maximum Gasteiger partial charge on any atom is 0.308 e. The van der Waals surface area contributed by atoms with Gasteiger partial charge in [-0.2, -0.15) is 0 Å². The Balaban J connectivity index is 2.74. The second-order valence-electron chi connectivity index (χ2n) is 2.46. The number of aliphatic carboxylic acids is 1. The summed E-state index contributed by atoms with van der Waals surface area (Å²) in [6, 6.07) is 3.25. The normalized spacial score (nSPS) is 9.92. The molecule has 3 N–H and O–H groups in total. The fraction of sp³-hybridized carbons (Fsp3) is 0.250. The lowest BCUT2D eigenvalue weighted by atomic mass is 10.3. The smallest absolute Gasteiger partial charge is 0.308 e. The van der Waals surface area contributed by atoms with E-state index in [1.54, 1.807) is 12.1 Å². The average molecular weight is 199 g/mol. The number of rotatable bonds is 4. The number of nitrogens with two attached hydrogens (primary N) is 1. The summed E-state index contributed by atoms with van der Waals surface area (Å²) in [6.07, 6.45) is -0.0392. The van der Waals surface area contributed by atoms with Crippen molar-refractivity contribution in [1.29, 1.82) is 0 Å². The molecular weight excluding hydrogens is 190 g/mol. The topological polar surface area (TPSA) is 80.4 Å². The number of carbonyl (C=O) groups excluding carboxylic acids is 1. The minimum atomic E-state index is -0.895. The van der Waals surface area contributed by atoms with Crippen LogP contribution < -0.4 is 5.73 Å². The maximum absolute atomic E-state index is 11.1. The Morgan fingerprint density at radius 2 is 2.15 bits per heavy atom. The molecule has 4 nitrogen and oxygen atoms in total. The minimum Gasteiger partial charge on any atom is -0.481 e. The van der Waals surface area contributed by atoms with Crippen LogP contribution in [-0.2, 0) is 11.2 Å². The Labute approximate surface area is 79.0 Å². The number of hydrogen-bond acceptors (Lipinski definition) is 4. The Morgan fingerprint density at radius 1 is 1.46 bits per heavy atom. The van der Waals surface area contributed by atoms with E-state index in [0.717, 1.165) is 0 Å². The van der Waals surface area contributed by atoms with E-state index in [0.29, 0.717) is 9.75 Å². The van der Waals surface area contributed by atoms with Crippen LogP contribution >= 0.6 is 11.3 Å². The third-order valence-corrected chi connectivity index (χ3v) is 2.57. The van der Waals surface area contributed by atoms with Gasteiger partial charge < -0.3 is 10.8 Å². The summed E-state index contributed by atoms with van der Waals surface area (Å²) in [7, 11) is 0. The molecule has 0 atom stereocenters. The van der Waals surface area contributed by atoms with Gasteiger partial charge in [0.25, 0.3) is 0 Å². The summed E-state index contributed by atoms with van der Waals surface area (Å²) < 4.78 is 0. The van der Waals surface area contributed by atoms with Gasteiger partial charge in [0, 0.05) is 4.88 Å². The Bertz CT molecular complexity index is 332. The number of ketones is 1. The van der Waals surface area contributed by atoms with Gasteiger partial charge in [-0.25, -0.2) is 0 Å². The fourth-order valence-electron chi connectivity index (χ4n) is 0.872. The molecule has 1 aromatic rings. The van der Waals surface area contributed by atoms with Crippen LogP contribution in [0.15, 0.2) is 12.1 Å². The molecule has 0 aromatic carbocycles. The number of hydrogen-bond donors (Lipinski definition) is 2. The van der Waals surface area contributed by atoms with E-state index in [-0.39, 0.29) is 18.7 Å². The molecule has 0 amide bonds. The van der Waals surface area contributed by atoms with Gasteiger partial charge >= 0.3 is 5.97 Å². The Kier molecular flexibility index (Phi) is 3.16. The van der Waals surface area contributed by atoms with Gasteiger partial charge in [0.2, 0.25) is 0 Å². The summed E-state index contributed by atoms with van der Waals surface area (Å²) in [6.45, 7) is -0.0347. The lowest BCUT2D eigenvalue weighted by Crippen LogP contribution is -2.11. The second kappa shape index (κ2) is 4.15. The zero-order valence-corrected chi connectivity index (χ0v) is 7.63.